The first kappa shape index (κ1) is 24.0. The number of aromatic nitrogens is 1. The van der Waals surface area contributed by atoms with E-state index < -0.39 is 12.0 Å². The van der Waals surface area contributed by atoms with E-state index in [1.165, 1.54) is 15.9 Å². The van der Waals surface area contributed by atoms with E-state index >= 15 is 0 Å². The maximum absolute atomic E-state index is 13.7. The molecule has 1 aromatic heterocycles. The van der Waals surface area contributed by atoms with Gasteiger partial charge >= 0.3 is 5.97 Å². The minimum atomic E-state index is -0.785. The van der Waals surface area contributed by atoms with Crippen LogP contribution in [0, 0.1) is 0 Å². The summed E-state index contributed by atoms with van der Waals surface area (Å²) in [6, 6.07) is 12.2. The fourth-order valence-electron chi connectivity index (χ4n) is 3.85. The highest BCUT2D eigenvalue weighted by Gasteiger charge is 2.35. The molecule has 1 atom stereocenters. The van der Waals surface area contributed by atoms with Crippen molar-refractivity contribution < 1.29 is 19.0 Å². The number of allylic oxidation sites excluding steroid dienone is 1. The van der Waals surface area contributed by atoms with Crippen molar-refractivity contribution in [1.29, 1.82) is 0 Å². The van der Waals surface area contributed by atoms with E-state index in [0.717, 1.165) is 10.0 Å². The topological polar surface area (TPSA) is 79.1 Å². The Balaban J connectivity index is 2.01. The summed E-state index contributed by atoms with van der Waals surface area (Å²) in [6.07, 6.45) is 1.82. The molecular formula is C25H23BrN2O5S. The number of esters is 1. The molecule has 4 rings (SSSR count). The van der Waals surface area contributed by atoms with Gasteiger partial charge < -0.3 is 14.2 Å². The molecule has 2 aromatic carbocycles. The van der Waals surface area contributed by atoms with E-state index in [2.05, 4.69) is 20.9 Å². The van der Waals surface area contributed by atoms with Gasteiger partial charge in [0.05, 0.1) is 36.6 Å². The molecule has 3 aromatic rings. The molecule has 0 amide bonds. The zero-order valence-electron chi connectivity index (χ0n) is 19.1. The molecule has 0 aliphatic carbocycles. The van der Waals surface area contributed by atoms with Gasteiger partial charge in [0.1, 0.15) is 17.5 Å². The molecule has 7 nitrogen and oxygen atoms in total. The Morgan fingerprint density at radius 2 is 1.91 bits per heavy atom. The van der Waals surface area contributed by atoms with E-state index in [1.807, 2.05) is 30.3 Å². The molecule has 1 unspecified atom stereocenters. The lowest BCUT2D eigenvalue weighted by Crippen LogP contribution is -2.40. The summed E-state index contributed by atoms with van der Waals surface area (Å²) in [7, 11) is 3.10. The minimum Gasteiger partial charge on any atom is -0.497 e. The Morgan fingerprint density at radius 3 is 2.56 bits per heavy atom. The molecule has 2 heterocycles. The van der Waals surface area contributed by atoms with Gasteiger partial charge in [-0.2, -0.15) is 0 Å². The Kier molecular flexibility index (Phi) is 7.04. The van der Waals surface area contributed by atoms with Crippen LogP contribution in [-0.4, -0.2) is 31.4 Å². The number of hydrogen-bond donors (Lipinski definition) is 0. The second-order valence-electron chi connectivity index (χ2n) is 7.46. The highest BCUT2D eigenvalue weighted by atomic mass is 79.9. The number of thiazole rings is 1. The summed E-state index contributed by atoms with van der Waals surface area (Å²) in [4.78, 5) is 31.8. The van der Waals surface area contributed by atoms with E-state index in [-0.39, 0.29) is 17.7 Å². The van der Waals surface area contributed by atoms with Crippen LogP contribution < -0.4 is 24.4 Å². The standard InChI is InChI=1S/C25H23BrN2O5S/c1-5-33-24(30)21-14(2)27-25-28(22(21)18-13-17(31-3)10-11-19(18)32-4)23(29)20(34-25)12-15-6-8-16(26)9-7-15/h6-13,22H,5H2,1-4H3/b20-12-. The summed E-state index contributed by atoms with van der Waals surface area (Å²) < 4.78 is 19.4. The SMILES string of the molecule is CCOC(=O)C1=C(C)N=c2s/c(=C\c3ccc(Br)cc3)c(=O)n2C1c1cc(OC)ccc1OC. The number of carbonyl (C=O) groups excluding carboxylic acids is 1. The molecule has 1 aliphatic rings. The van der Waals surface area contributed by atoms with Crippen molar-refractivity contribution in [1.82, 2.24) is 4.57 Å². The first-order valence-electron chi connectivity index (χ1n) is 10.5. The third kappa shape index (κ3) is 4.45. The Labute approximate surface area is 208 Å². The van der Waals surface area contributed by atoms with E-state index in [4.69, 9.17) is 14.2 Å². The van der Waals surface area contributed by atoms with Gasteiger partial charge in [-0.3, -0.25) is 9.36 Å². The monoisotopic (exact) mass is 542 g/mol. The van der Waals surface area contributed by atoms with Gasteiger partial charge in [0.2, 0.25) is 0 Å². The largest absolute Gasteiger partial charge is 0.497 e. The summed E-state index contributed by atoms with van der Waals surface area (Å²) in [5.41, 5.74) is 2.01. The van der Waals surface area contributed by atoms with Crippen molar-refractivity contribution in [2.45, 2.75) is 19.9 Å². The maximum Gasteiger partial charge on any atom is 0.338 e. The van der Waals surface area contributed by atoms with Crippen LogP contribution in [0.15, 0.2) is 68.0 Å². The number of rotatable bonds is 6. The minimum absolute atomic E-state index is 0.200. The van der Waals surface area contributed by atoms with Crippen LogP contribution in [0.2, 0.25) is 0 Å². The van der Waals surface area contributed by atoms with Gasteiger partial charge in [0.15, 0.2) is 4.80 Å². The molecule has 0 saturated heterocycles. The number of ether oxygens (including phenoxy) is 3. The molecule has 1 aliphatic heterocycles. The van der Waals surface area contributed by atoms with Gasteiger partial charge in [-0.25, -0.2) is 9.79 Å². The van der Waals surface area contributed by atoms with Gasteiger partial charge in [-0.05, 0) is 55.8 Å². The summed E-state index contributed by atoms with van der Waals surface area (Å²) >= 11 is 4.70. The lowest BCUT2D eigenvalue weighted by molar-refractivity contribution is -0.139. The van der Waals surface area contributed by atoms with E-state index in [9.17, 15) is 9.59 Å². The second kappa shape index (κ2) is 9.99. The molecular weight excluding hydrogens is 520 g/mol. The zero-order chi connectivity index (χ0) is 24.4. The number of methoxy groups -OCH3 is 2. The molecule has 34 heavy (non-hydrogen) atoms. The van der Waals surface area contributed by atoms with Crippen LogP contribution >= 0.6 is 27.3 Å². The van der Waals surface area contributed by atoms with E-state index in [0.29, 0.717) is 32.1 Å². The van der Waals surface area contributed by atoms with Gasteiger partial charge in [-0.15, -0.1) is 0 Å². The van der Waals surface area contributed by atoms with Gasteiger partial charge in [0.25, 0.3) is 5.56 Å². The fourth-order valence-corrected chi connectivity index (χ4v) is 5.16. The van der Waals surface area contributed by atoms with Crippen LogP contribution in [0.1, 0.15) is 31.0 Å². The second-order valence-corrected chi connectivity index (χ2v) is 9.39. The van der Waals surface area contributed by atoms with Gasteiger partial charge in [0, 0.05) is 10.0 Å². The number of hydrogen-bond acceptors (Lipinski definition) is 7. The Morgan fingerprint density at radius 1 is 1.18 bits per heavy atom. The molecule has 0 radical (unpaired) electrons. The van der Waals surface area contributed by atoms with Crippen LogP contribution in [0.25, 0.3) is 6.08 Å². The zero-order valence-corrected chi connectivity index (χ0v) is 21.5. The van der Waals surface area contributed by atoms with E-state index in [1.54, 1.807) is 46.3 Å². The predicted octanol–water partition coefficient (Wildman–Crippen LogP) is 3.58. The van der Waals surface area contributed by atoms with Crippen LogP contribution in [0.3, 0.4) is 0 Å². The van der Waals surface area contributed by atoms with Crippen molar-refractivity contribution in [3.8, 4) is 11.5 Å². The number of benzene rings is 2. The third-order valence-electron chi connectivity index (χ3n) is 5.42. The molecule has 9 heteroatoms. The van der Waals surface area contributed by atoms with Crippen molar-refractivity contribution in [3.63, 3.8) is 0 Å². The normalized spacial score (nSPS) is 15.6. The predicted molar refractivity (Wildman–Crippen MR) is 134 cm³/mol. The smallest absolute Gasteiger partial charge is 0.338 e. The average Bonchev–Trinajstić information content (AvgIpc) is 3.13. The Bertz CT molecular complexity index is 1450. The molecule has 0 fully saturated rings. The highest BCUT2D eigenvalue weighted by molar-refractivity contribution is 9.10. The van der Waals surface area contributed by atoms with Crippen molar-refractivity contribution in [3.05, 3.63) is 89.0 Å². The van der Waals surface area contributed by atoms with Crippen LogP contribution in [0.5, 0.6) is 11.5 Å². The quantitative estimate of drug-likeness (QED) is 0.445. The number of nitrogens with zero attached hydrogens (tertiary/aromatic N) is 2. The van der Waals surface area contributed by atoms with Gasteiger partial charge in [-0.1, -0.05) is 39.4 Å². The van der Waals surface area contributed by atoms with Crippen molar-refractivity contribution in [2.75, 3.05) is 20.8 Å². The van der Waals surface area contributed by atoms with Crippen LogP contribution in [-0.2, 0) is 9.53 Å². The average molecular weight is 543 g/mol. The summed E-state index contributed by atoms with van der Waals surface area (Å²) in [5, 5.41) is 0. The van der Waals surface area contributed by atoms with Crippen molar-refractivity contribution in [2.24, 2.45) is 4.99 Å². The fraction of sp³-hybridized carbons (Fsp3) is 0.240. The lowest BCUT2D eigenvalue weighted by Gasteiger charge is -2.26. The highest BCUT2D eigenvalue weighted by Crippen LogP contribution is 2.37. The first-order valence-corrected chi connectivity index (χ1v) is 12.2. The molecule has 0 N–H and O–H groups in total. The molecule has 0 saturated carbocycles. The number of fused-ring (bicyclic) bond motifs is 1. The lowest BCUT2D eigenvalue weighted by atomic mass is 9.94. The van der Waals surface area contributed by atoms with Crippen molar-refractivity contribution >= 4 is 39.3 Å². The third-order valence-corrected chi connectivity index (χ3v) is 6.93. The summed E-state index contributed by atoms with van der Waals surface area (Å²) in [6.45, 7) is 3.69. The number of carbonyl (C=O) groups is 1. The first-order chi connectivity index (χ1) is 16.4. The molecule has 176 valence electrons. The molecule has 0 bridgehead atoms. The number of halogens is 1. The molecule has 0 spiro atoms. The summed E-state index contributed by atoms with van der Waals surface area (Å²) in [5.74, 6) is 0.566. The maximum atomic E-state index is 13.7. The van der Waals surface area contributed by atoms with Crippen LogP contribution in [0.4, 0.5) is 0 Å². The Hall–Kier alpha value is -3.17.